The lowest BCUT2D eigenvalue weighted by Gasteiger charge is -1.99. The minimum atomic E-state index is -0.509. The molecular formula is C18H29ClO4. The lowest BCUT2D eigenvalue weighted by Crippen LogP contribution is -2.01. The number of esters is 1. The van der Waals surface area contributed by atoms with E-state index in [0.29, 0.717) is 13.2 Å². The smallest absolute Gasteiger partial charge is 0.330 e. The summed E-state index contributed by atoms with van der Waals surface area (Å²) < 4.78 is 4.75. The molecule has 0 rings (SSSR count). The number of allylic oxidation sites excluding steroid dienone is 3. The molecule has 0 heterocycles. The topological polar surface area (TPSA) is 63.6 Å². The van der Waals surface area contributed by atoms with E-state index in [9.17, 15) is 9.59 Å². The maximum atomic E-state index is 10.5. The second-order valence-electron chi connectivity index (χ2n) is 4.17. The molecule has 0 aromatic heterocycles. The van der Waals surface area contributed by atoms with Crippen LogP contribution in [-0.4, -0.2) is 29.5 Å². The summed E-state index contributed by atoms with van der Waals surface area (Å²) in [5.74, 6) is -0.344. The van der Waals surface area contributed by atoms with Crippen molar-refractivity contribution in [3.8, 4) is 0 Å². The summed E-state index contributed by atoms with van der Waals surface area (Å²) in [6.07, 6.45) is 11.8. The molecule has 0 amide bonds. The van der Waals surface area contributed by atoms with Crippen LogP contribution in [0.1, 0.15) is 38.5 Å². The lowest BCUT2D eigenvalue weighted by atomic mass is 10.2. The van der Waals surface area contributed by atoms with Crippen molar-refractivity contribution < 1.29 is 19.4 Å². The van der Waals surface area contributed by atoms with Crippen LogP contribution in [0.25, 0.3) is 0 Å². The van der Waals surface area contributed by atoms with Crippen molar-refractivity contribution in [1.29, 1.82) is 0 Å². The van der Waals surface area contributed by atoms with E-state index in [0.717, 1.165) is 44.6 Å². The molecule has 5 heteroatoms. The van der Waals surface area contributed by atoms with Crippen LogP contribution in [0.5, 0.6) is 0 Å². The Hall–Kier alpha value is -1.65. The zero-order chi connectivity index (χ0) is 18.3. The van der Waals surface area contributed by atoms with Crippen LogP contribution in [0, 0.1) is 0 Å². The standard InChI is InChI=1S/C9H14O2.C6H12O.C3H3ClO/c1-3-5-6-7-8-11-9(10)4-2;1-2-3-4-5-6-7;1-2-3(4)5/h3-4H,1-2,5-8H2;2,7H,1,3-6H2;2H,1H2. The van der Waals surface area contributed by atoms with Crippen LogP contribution in [0.15, 0.2) is 50.6 Å². The first-order valence-corrected chi connectivity index (χ1v) is 7.81. The Morgan fingerprint density at radius 3 is 1.74 bits per heavy atom. The Labute approximate surface area is 145 Å². The van der Waals surface area contributed by atoms with Crippen molar-refractivity contribution in [2.45, 2.75) is 38.5 Å². The molecule has 0 spiro atoms. The average Bonchev–Trinajstić information content (AvgIpc) is 2.56. The van der Waals surface area contributed by atoms with Crippen molar-refractivity contribution in [3.05, 3.63) is 50.6 Å². The van der Waals surface area contributed by atoms with Crippen molar-refractivity contribution in [1.82, 2.24) is 0 Å². The van der Waals surface area contributed by atoms with Gasteiger partial charge in [-0.05, 0) is 56.2 Å². The van der Waals surface area contributed by atoms with Gasteiger partial charge in [0.2, 0.25) is 5.24 Å². The highest BCUT2D eigenvalue weighted by Crippen LogP contribution is 1.96. The van der Waals surface area contributed by atoms with Gasteiger partial charge >= 0.3 is 5.97 Å². The van der Waals surface area contributed by atoms with Gasteiger partial charge in [0.15, 0.2) is 0 Å². The second-order valence-corrected chi connectivity index (χ2v) is 4.54. The molecule has 0 aliphatic heterocycles. The van der Waals surface area contributed by atoms with Gasteiger partial charge in [0.25, 0.3) is 0 Å². The number of unbranched alkanes of at least 4 members (excludes halogenated alkanes) is 4. The number of rotatable bonds is 11. The minimum absolute atomic E-state index is 0.313. The highest BCUT2D eigenvalue weighted by atomic mass is 35.5. The Morgan fingerprint density at radius 1 is 0.913 bits per heavy atom. The summed E-state index contributed by atoms with van der Waals surface area (Å²) in [4.78, 5) is 19.9. The number of carbonyl (C=O) groups excluding carboxylic acids is 2. The largest absolute Gasteiger partial charge is 0.463 e. The third kappa shape index (κ3) is 38.4. The normalized spacial score (nSPS) is 8.26. The van der Waals surface area contributed by atoms with Crippen LogP contribution >= 0.6 is 11.6 Å². The van der Waals surface area contributed by atoms with Crippen molar-refractivity contribution >= 4 is 22.8 Å². The maximum Gasteiger partial charge on any atom is 0.330 e. The summed E-state index contributed by atoms with van der Waals surface area (Å²) in [6, 6.07) is 0. The van der Waals surface area contributed by atoms with Gasteiger partial charge in [-0.2, -0.15) is 0 Å². The van der Waals surface area contributed by atoms with Gasteiger partial charge in [-0.3, -0.25) is 4.79 Å². The molecule has 4 nitrogen and oxygen atoms in total. The molecule has 0 aromatic rings. The maximum absolute atomic E-state index is 10.5. The lowest BCUT2D eigenvalue weighted by molar-refractivity contribution is -0.137. The van der Waals surface area contributed by atoms with E-state index in [2.05, 4.69) is 26.3 Å². The molecule has 0 saturated heterocycles. The average molecular weight is 345 g/mol. The fraction of sp³-hybridized carbons (Fsp3) is 0.444. The van der Waals surface area contributed by atoms with Crippen molar-refractivity contribution in [3.63, 3.8) is 0 Å². The van der Waals surface area contributed by atoms with Gasteiger partial charge in [-0.15, -0.1) is 13.2 Å². The van der Waals surface area contributed by atoms with Crippen LogP contribution < -0.4 is 0 Å². The van der Waals surface area contributed by atoms with E-state index in [4.69, 9.17) is 21.4 Å². The van der Waals surface area contributed by atoms with E-state index >= 15 is 0 Å². The number of carbonyl (C=O) groups is 2. The number of ether oxygens (including phenoxy) is 1. The summed E-state index contributed by atoms with van der Waals surface area (Å²) in [5.41, 5.74) is 0. The molecule has 0 fully saturated rings. The monoisotopic (exact) mass is 344 g/mol. The van der Waals surface area contributed by atoms with E-state index < -0.39 is 5.24 Å². The third-order valence-electron chi connectivity index (χ3n) is 2.19. The molecule has 0 unspecified atom stereocenters. The first kappa shape index (κ1) is 26.3. The van der Waals surface area contributed by atoms with E-state index in [1.54, 1.807) is 0 Å². The van der Waals surface area contributed by atoms with Crippen molar-refractivity contribution in [2.75, 3.05) is 13.2 Å². The fourth-order valence-corrected chi connectivity index (χ4v) is 1.02. The Kier molecular flexibility index (Phi) is 28.9. The molecule has 1 N–H and O–H groups in total. The second kappa shape index (κ2) is 25.3. The molecule has 23 heavy (non-hydrogen) atoms. The van der Waals surface area contributed by atoms with E-state index in [1.807, 2.05) is 12.2 Å². The highest BCUT2D eigenvalue weighted by molar-refractivity contribution is 6.66. The van der Waals surface area contributed by atoms with Crippen LogP contribution in [0.4, 0.5) is 0 Å². The van der Waals surface area contributed by atoms with Crippen LogP contribution in [-0.2, 0) is 14.3 Å². The van der Waals surface area contributed by atoms with Gasteiger partial charge < -0.3 is 9.84 Å². The molecule has 0 aliphatic rings. The molecule has 132 valence electrons. The Balaban J connectivity index is -0.000000286. The van der Waals surface area contributed by atoms with E-state index in [1.165, 1.54) is 6.08 Å². The zero-order valence-electron chi connectivity index (χ0n) is 13.8. The third-order valence-corrected chi connectivity index (χ3v) is 2.34. The Bertz CT molecular complexity index is 338. The summed E-state index contributed by atoms with van der Waals surface area (Å²) in [6.45, 7) is 14.3. The minimum Gasteiger partial charge on any atom is -0.463 e. The van der Waals surface area contributed by atoms with Gasteiger partial charge in [0.05, 0.1) is 6.61 Å². The van der Waals surface area contributed by atoms with Gasteiger partial charge in [0, 0.05) is 12.7 Å². The number of hydrogen-bond donors (Lipinski definition) is 1. The van der Waals surface area contributed by atoms with Gasteiger partial charge in [-0.25, -0.2) is 4.79 Å². The first-order valence-electron chi connectivity index (χ1n) is 7.43. The molecule has 0 bridgehead atoms. The first-order chi connectivity index (χ1) is 11.0. The van der Waals surface area contributed by atoms with Gasteiger partial charge in [-0.1, -0.05) is 25.3 Å². The van der Waals surface area contributed by atoms with Gasteiger partial charge in [0.1, 0.15) is 0 Å². The van der Waals surface area contributed by atoms with Crippen molar-refractivity contribution in [2.24, 2.45) is 0 Å². The molecule has 0 atom stereocenters. The van der Waals surface area contributed by atoms with E-state index in [-0.39, 0.29) is 5.97 Å². The SMILES string of the molecule is C=CC(=O)Cl.C=CCCCCO.C=CCCCCOC(=O)C=C. The molecular weight excluding hydrogens is 316 g/mol. The highest BCUT2D eigenvalue weighted by Gasteiger charge is 1.93. The quantitative estimate of drug-likeness (QED) is 0.199. The summed E-state index contributed by atoms with van der Waals surface area (Å²) in [7, 11) is 0. The molecule has 0 radical (unpaired) electrons. The molecule has 0 aromatic carbocycles. The molecule has 0 aliphatic carbocycles. The number of hydrogen-bond acceptors (Lipinski definition) is 4. The zero-order valence-corrected chi connectivity index (χ0v) is 14.6. The predicted octanol–water partition coefficient (Wildman–Crippen LogP) is 4.34. The summed E-state index contributed by atoms with van der Waals surface area (Å²) >= 11 is 4.71. The molecule has 0 saturated carbocycles. The number of aliphatic hydroxyl groups excluding tert-OH is 1. The van der Waals surface area contributed by atoms with Crippen LogP contribution in [0.2, 0.25) is 0 Å². The predicted molar refractivity (Wildman–Crippen MR) is 97.4 cm³/mol. The number of halogens is 1. The fourth-order valence-electron chi connectivity index (χ4n) is 1.02. The Morgan fingerprint density at radius 2 is 1.39 bits per heavy atom. The number of aliphatic hydroxyl groups is 1. The summed E-state index contributed by atoms with van der Waals surface area (Å²) in [5, 5.41) is 7.75. The van der Waals surface area contributed by atoms with Crippen LogP contribution in [0.3, 0.4) is 0 Å².